The van der Waals surface area contributed by atoms with Gasteiger partial charge in [0.05, 0.1) is 5.69 Å². The third-order valence-electron chi connectivity index (χ3n) is 4.17. The second kappa shape index (κ2) is 6.82. The Morgan fingerprint density at radius 3 is 2.17 bits per heavy atom. The molecule has 0 radical (unpaired) electrons. The molecule has 0 spiro atoms. The van der Waals surface area contributed by atoms with E-state index >= 15 is 0 Å². The third-order valence-corrected chi connectivity index (χ3v) is 4.17. The average molecular weight is 327 g/mol. The molecule has 0 unspecified atom stereocenters. The zero-order chi connectivity index (χ0) is 17.1. The highest BCUT2D eigenvalue weighted by molar-refractivity contribution is 5.94. The Kier molecular flexibility index (Phi) is 4.59. The van der Waals surface area contributed by atoms with E-state index < -0.39 is 0 Å². The fraction of sp³-hybridized carbons (Fsp3) is 0.412. The molecule has 0 saturated carbocycles. The lowest BCUT2D eigenvalue weighted by atomic mass is 10.1. The summed E-state index contributed by atoms with van der Waals surface area (Å²) in [6, 6.07) is 7.29. The number of amides is 2. The van der Waals surface area contributed by atoms with Crippen molar-refractivity contribution < 1.29 is 9.59 Å². The lowest BCUT2D eigenvalue weighted by Crippen LogP contribution is -2.51. The summed E-state index contributed by atoms with van der Waals surface area (Å²) in [6.45, 7) is 6.14. The quantitative estimate of drug-likeness (QED) is 0.849. The van der Waals surface area contributed by atoms with Gasteiger partial charge in [0.15, 0.2) is 0 Å². The first-order valence-electron chi connectivity index (χ1n) is 8.09. The molecular weight excluding hydrogens is 306 g/mol. The SMILES string of the molecule is CC(C)C(=O)N1CCN(C(=O)c2ccc(-n3cncn3)cc2)CC1. The van der Waals surface area contributed by atoms with Crippen LogP contribution in [0.2, 0.25) is 0 Å². The van der Waals surface area contributed by atoms with Crippen molar-refractivity contribution in [1.29, 1.82) is 0 Å². The summed E-state index contributed by atoms with van der Waals surface area (Å²) < 4.78 is 1.64. The highest BCUT2D eigenvalue weighted by Gasteiger charge is 2.25. The van der Waals surface area contributed by atoms with Crippen molar-refractivity contribution in [3.05, 3.63) is 42.5 Å². The largest absolute Gasteiger partial charge is 0.339 e. The summed E-state index contributed by atoms with van der Waals surface area (Å²) >= 11 is 0. The van der Waals surface area contributed by atoms with E-state index in [1.807, 2.05) is 30.9 Å². The summed E-state index contributed by atoms with van der Waals surface area (Å²) in [7, 11) is 0. The molecule has 2 amide bonds. The Morgan fingerprint density at radius 2 is 1.62 bits per heavy atom. The highest BCUT2D eigenvalue weighted by Crippen LogP contribution is 2.13. The Morgan fingerprint density at radius 1 is 1.00 bits per heavy atom. The second-order valence-corrected chi connectivity index (χ2v) is 6.16. The summed E-state index contributed by atoms with van der Waals surface area (Å²) in [5.41, 5.74) is 1.50. The summed E-state index contributed by atoms with van der Waals surface area (Å²) in [4.78, 5) is 32.1. The van der Waals surface area contributed by atoms with Gasteiger partial charge in [-0.2, -0.15) is 5.10 Å². The molecule has 1 aromatic carbocycles. The normalized spacial score (nSPS) is 15.0. The molecule has 126 valence electrons. The molecule has 1 aliphatic rings. The Balaban J connectivity index is 1.62. The molecule has 2 heterocycles. The standard InChI is InChI=1S/C17H21N5O2/c1-13(2)16(23)20-7-9-21(10-8-20)17(24)14-3-5-15(6-4-14)22-12-18-11-19-22/h3-6,11-13H,7-10H2,1-2H3. The van der Waals surface area contributed by atoms with Crippen molar-refractivity contribution >= 4 is 11.8 Å². The molecule has 7 heteroatoms. The first-order valence-corrected chi connectivity index (χ1v) is 8.09. The maximum atomic E-state index is 12.6. The zero-order valence-electron chi connectivity index (χ0n) is 13.9. The van der Waals surface area contributed by atoms with Crippen LogP contribution in [0.3, 0.4) is 0 Å². The van der Waals surface area contributed by atoms with Crippen LogP contribution in [0.4, 0.5) is 0 Å². The van der Waals surface area contributed by atoms with Crippen molar-refractivity contribution in [2.45, 2.75) is 13.8 Å². The molecule has 3 rings (SSSR count). The lowest BCUT2D eigenvalue weighted by Gasteiger charge is -2.35. The van der Waals surface area contributed by atoms with Crippen LogP contribution >= 0.6 is 0 Å². The molecule has 0 bridgehead atoms. The van der Waals surface area contributed by atoms with Crippen molar-refractivity contribution in [2.24, 2.45) is 5.92 Å². The van der Waals surface area contributed by atoms with Gasteiger partial charge >= 0.3 is 0 Å². The van der Waals surface area contributed by atoms with Gasteiger partial charge in [-0.15, -0.1) is 0 Å². The molecule has 24 heavy (non-hydrogen) atoms. The average Bonchev–Trinajstić information content (AvgIpc) is 3.15. The van der Waals surface area contributed by atoms with E-state index in [0.29, 0.717) is 31.7 Å². The van der Waals surface area contributed by atoms with Gasteiger partial charge in [-0.25, -0.2) is 9.67 Å². The lowest BCUT2D eigenvalue weighted by molar-refractivity contribution is -0.135. The van der Waals surface area contributed by atoms with Gasteiger partial charge in [-0.05, 0) is 24.3 Å². The van der Waals surface area contributed by atoms with Gasteiger partial charge in [0.25, 0.3) is 5.91 Å². The van der Waals surface area contributed by atoms with Crippen LogP contribution in [-0.4, -0.2) is 62.6 Å². The fourth-order valence-corrected chi connectivity index (χ4v) is 2.78. The van der Waals surface area contributed by atoms with E-state index in [0.717, 1.165) is 5.69 Å². The van der Waals surface area contributed by atoms with E-state index in [4.69, 9.17) is 0 Å². The first-order chi connectivity index (χ1) is 11.6. The van der Waals surface area contributed by atoms with Crippen LogP contribution in [0.1, 0.15) is 24.2 Å². The highest BCUT2D eigenvalue weighted by atomic mass is 16.2. The Bertz CT molecular complexity index is 701. The van der Waals surface area contributed by atoms with E-state index in [1.165, 1.54) is 6.33 Å². The van der Waals surface area contributed by atoms with E-state index in [-0.39, 0.29) is 17.7 Å². The number of carbonyl (C=O) groups excluding carboxylic acids is 2. The van der Waals surface area contributed by atoms with Gasteiger partial charge in [-0.3, -0.25) is 9.59 Å². The molecule has 0 aliphatic carbocycles. The molecule has 1 aromatic heterocycles. The molecule has 1 aliphatic heterocycles. The van der Waals surface area contributed by atoms with Crippen LogP contribution in [0.15, 0.2) is 36.9 Å². The predicted octanol–water partition coefficient (Wildman–Crippen LogP) is 1.21. The number of nitrogens with zero attached hydrogens (tertiary/aromatic N) is 5. The third kappa shape index (κ3) is 3.29. The second-order valence-electron chi connectivity index (χ2n) is 6.16. The van der Waals surface area contributed by atoms with E-state index in [2.05, 4.69) is 10.1 Å². The number of rotatable bonds is 3. The number of aromatic nitrogens is 3. The number of benzene rings is 1. The smallest absolute Gasteiger partial charge is 0.253 e. The van der Waals surface area contributed by atoms with Crippen LogP contribution in [0.25, 0.3) is 5.69 Å². The predicted molar refractivity (Wildman–Crippen MR) is 88.7 cm³/mol. The molecule has 0 atom stereocenters. The minimum Gasteiger partial charge on any atom is -0.339 e. The minimum atomic E-state index is -0.00317. The van der Waals surface area contributed by atoms with Gasteiger partial charge < -0.3 is 9.80 Å². The number of piperazine rings is 1. The van der Waals surface area contributed by atoms with Gasteiger partial charge in [0.2, 0.25) is 5.91 Å². The van der Waals surface area contributed by atoms with Crippen molar-refractivity contribution in [3.8, 4) is 5.69 Å². The Hall–Kier alpha value is -2.70. The molecule has 2 aromatic rings. The topological polar surface area (TPSA) is 71.3 Å². The van der Waals surface area contributed by atoms with E-state index in [9.17, 15) is 9.59 Å². The molecule has 0 N–H and O–H groups in total. The maximum absolute atomic E-state index is 12.6. The monoisotopic (exact) mass is 327 g/mol. The molecule has 1 fully saturated rings. The number of hydrogen-bond acceptors (Lipinski definition) is 4. The molecular formula is C17H21N5O2. The summed E-state index contributed by atoms with van der Waals surface area (Å²) in [5, 5.41) is 4.06. The van der Waals surface area contributed by atoms with Gasteiger partial charge in [0.1, 0.15) is 12.7 Å². The molecule has 7 nitrogen and oxygen atoms in total. The summed E-state index contributed by atoms with van der Waals surface area (Å²) in [6.07, 6.45) is 3.08. The molecule has 1 saturated heterocycles. The van der Waals surface area contributed by atoms with Gasteiger partial charge in [-0.1, -0.05) is 13.8 Å². The van der Waals surface area contributed by atoms with Crippen molar-refractivity contribution in [2.75, 3.05) is 26.2 Å². The number of hydrogen-bond donors (Lipinski definition) is 0. The zero-order valence-corrected chi connectivity index (χ0v) is 13.9. The van der Waals surface area contributed by atoms with Crippen molar-refractivity contribution in [3.63, 3.8) is 0 Å². The minimum absolute atomic E-state index is 0.00298. The van der Waals surface area contributed by atoms with Crippen LogP contribution in [0.5, 0.6) is 0 Å². The maximum Gasteiger partial charge on any atom is 0.253 e. The van der Waals surface area contributed by atoms with Crippen LogP contribution < -0.4 is 0 Å². The van der Waals surface area contributed by atoms with Gasteiger partial charge in [0, 0.05) is 37.7 Å². The first kappa shape index (κ1) is 16.2. The van der Waals surface area contributed by atoms with Crippen molar-refractivity contribution in [1.82, 2.24) is 24.6 Å². The van der Waals surface area contributed by atoms with E-state index in [1.54, 1.807) is 28.0 Å². The number of carbonyl (C=O) groups is 2. The van der Waals surface area contributed by atoms with Crippen LogP contribution in [-0.2, 0) is 4.79 Å². The Labute approximate surface area is 140 Å². The fourth-order valence-electron chi connectivity index (χ4n) is 2.78. The summed E-state index contributed by atoms with van der Waals surface area (Å²) in [5.74, 6) is 0.146. The van der Waals surface area contributed by atoms with Crippen LogP contribution in [0, 0.1) is 5.92 Å².